The van der Waals surface area contributed by atoms with Gasteiger partial charge in [-0.15, -0.1) is 0 Å². The molecule has 34 heavy (non-hydrogen) atoms. The summed E-state index contributed by atoms with van der Waals surface area (Å²) in [6.45, 7) is 3.64. The molecule has 0 saturated heterocycles. The summed E-state index contributed by atoms with van der Waals surface area (Å²) in [5, 5.41) is 0. The SMILES string of the molecule is [Si]CCC(N(Cc1ccccc1)Cc1ccccc1)N(Cc1ccccc1)Cc1ccccc1. The van der Waals surface area contributed by atoms with Gasteiger partial charge < -0.3 is 0 Å². The Balaban J connectivity index is 1.68. The summed E-state index contributed by atoms with van der Waals surface area (Å²) in [5.74, 6) is 0. The summed E-state index contributed by atoms with van der Waals surface area (Å²) in [6.07, 6.45) is 1.31. The van der Waals surface area contributed by atoms with E-state index in [1.54, 1.807) is 0 Å². The molecule has 4 rings (SSSR count). The summed E-state index contributed by atoms with van der Waals surface area (Å²) in [6, 6.07) is 44.3. The third-order valence-corrected chi connectivity index (χ3v) is 6.45. The van der Waals surface area contributed by atoms with Crippen molar-refractivity contribution < 1.29 is 0 Å². The zero-order valence-electron chi connectivity index (χ0n) is 19.8. The average molecular weight is 462 g/mol. The summed E-state index contributed by atoms with van der Waals surface area (Å²) in [4.78, 5) is 5.27. The minimum Gasteiger partial charge on any atom is -0.279 e. The first-order valence-electron chi connectivity index (χ1n) is 12.1. The van der Waals surface area contributed by atoms with E-state index in [4.69, 9.17) is 0 Å². The van der Waals surface area contributed by atoms with Crippen molar-refractivity contribution in [2.45, 2.75) is 44.8 Å². The number of nitrogens with zero attached hydrogens (tertiary/aromatic N) is 2. The first-order chi connectivity index (χ1) is 16.8. The van der Waals surface area contributed by atoms with Gasteiger partial charge in [0, 0.05) is 36.4 Å². The molecule has 3 heteroatoms. The largest absolute Gasteiger partial charge is 0.279 e. The Morgan fingerprint density at radius 3 is 0.941 bits per heavy atom. The Morgan fingerprint density at radius 2 is 0.706 bits per heavy atom. The summed E-state index contributed by atoms with van der Waals surface area (Å²) in [7, 11) is 3.83. The quantitative estimate of drug-likeness (QED) is 0.171. The van der Waals surface area contributed by atoms with E-state index >= 15 is 0 Å². The van der Waals surface area contributed by atoms with E-state index < -0.39 is 0 Å². The van der Waals surface area contributed by atoms with Crippen LogP contribution in [0.1, 0.15) is 28.7 Å². The summed E-state index contributed by atoms with van der Waals surface area (Å²) >= 11 is 0. The van der Waals surface area contributed by atoms with Gasteiger partial charge in [-0.2, -0.15) is 0 Å². The average Bonchev–Trinajstić information content (AvgIpc) is 2.89. The van der Waals surface area contributed by atoms with E-state index in [-0.39, 0.29) is 6.17 Å². The molecule has 0 atom stereocenters. The second kappa shape index (κ2) is 13.0. The van der Waals surface area contributed by atoms with Crippen LogP contribution in [0, 0.1) is 0 Å². The molecule has 0 aromatic heterocycles. The van der Waals surface area contributed by atoms with Crippen molar-refractivity contribution in [1.82, 2.24) is 9.80 Å². The van der Waals surface area contributed by atoms with E-state index in [0.29, 0.717) is 0 Å². The molecule has 0 aliphatic heterocycles. The third-order valence-electron chi connectivity index (χ3n) is 6.16. The lowest BCUT2D eigenvalue weighted by atomic mass is 10.1. The first kappa shape index (κ1) is 24.2. The molecule has 0 aliphatic rings. The Bertz CT molecular complexity index is 901. The molecule has 0 unspecified atom stereocenters. The van der Waals surface area contributed by atoms with Crippen molar-refractivity contribution in [2.75, 3.05) is 0 Å². The highest BCUT2D eigenvalue weighted by molar-refractivity contribution is 6.08. The van der Waals surface area contributed by atoms with Crippen LogP contribution in [0.15, 0.2) is 121 Å². The van der Waals surface area contributed by atoms with Crippen molar-refractivity contribution in [3.8, 4) is 0 Å². The molecule has 171 valence electrons. The van der Waals surface area contributed by atoms with Crippen molar-refractivity contribution >= 4 is 10.2 Å². The van der Waals surface area contributed by atoms with E-state index in [1.165, 1.54) is 22.3 Å². The predicted molar refractivity (Wildman–Crippen MR) is 143 cm³/mol. The van der Waals surface area contributed by atoms with Gasteiger partial charge in [-0.1, -0.05) is 127 Å². The Labute approximate surface area is 208 Å². The fourth-order valence-corrected chi connectivity index (χ4v) is 4.79. The van der Waals surface area contributed by atoms with Crippen LogP contribution in [0.25, 0.3) is 0 Å². The van der Waals surface area contributed by atoms with Gasteiger partial charge in [0.2, 0.25) is 0 Å². The molecule has 4 aromatic carbocycles. The maximum atomic E-state index is 3.83. The third kappa shape index (κ3) is 7.26. The zero-order chi connectivity index (χ0) is 23.4. The lowest BCUT2D eigenvalue weighted by Crippen LogP contribution is -2.47. The van der Waals surface area contributed by atoms with Crippen LogP contribution >= 0.6 is 0 Å². The molecule has 3 radical (unpaired) electrons. The van der Waals surface area contributed by atoms with Gasteiger partial charge in [0.05, 0.1) is 6.17 Å². The highest BCUT2D eigenvalue weighted by Crippen LogP contribution is 2.23. The van der Waals surface area contributed by atoms with Gasteiger partial charge in [-0.25, -0.2) is 0 Å². The minimum absolute atomic E-state index is 0.276. The fraction of sp³-hybridized carbons (Fsp3) is 0.226. The van der Waals surface area contributed by atoms with E-state index in [9.17, 15) is 0 Å². The zero-order valence-corrected chi connectivity index (χ0v) is 20.8. The number of hydrogen-bond acceptors (Lipinski definition) is 2. The Morgan fingerprint density at radius 1 is 0.441 bits per heavy atom. The molecule has 0 bridgehead atoms. The lowest BCUT2D eigenvalue weighted by molar-refractivity contribution is 0.0154. The highest BCUT2D eigenvalue weighted by Gasteiger charge is 2.25. The van der Waals surface area contributed by atoms with E-state index in [2.05, 4.69) is 141 Å². The first-order valence-corrected chi connectivity index (χ1v) is 12.8. The van der Waals surface area contributed by atoms with Gasteiger partial charge in [0.25, 0.3) is 0 Å². The van der Waals surface area contributed by atoms with Crippen LogP contribution in [0.2, 0.25) is 6.04 Å². The van der Waals surface area contributed by atoms with Gasteiger partial charge in [0.1, 0.15) is 0 Å². The molecular formula is C31H33N2Si. The molecule has 4 aromatic rings. The molecule has 0 aliphatic carbocycles. The van der Waals surface area contributed by atoms with Gasteiger partial charge in [-0.3, -0.25) is 9.80 Å². The number of benzene rings is 4. The van der Waals surface area contributed by atoms with Crippen LogP contribution in [0.3, 0.4) is 0 Å². The molecule has 0 amide bonds. The summed E-state index contributed by atoms with van der Waals surface area (Å²) < 4.78 is 0. The van der Waals surface area contributed by atoms with E-state index in [1.807, 2.05) is 0 Å². The topological polar surface area (TPSA) is 6.48 Å². The predicted octanol–water partition coefficient (Wildman–Crippen LogP) is 6.69. The van der Waals surface area contributed by atoms with Gasteiger partial charge in [-0.05, 0) is 28.7 Å². The van der Waals surface area contributed by atoms with Gasteiger partial charge >= 0.3 is 0 Å². The number of rotatable bonds is 12. The molecule has 0 N–H and O–H groups in total. The molecular weight excluding hydrogens is 428 g/mol. The van der Waals surface area contributed by atoms with Crippen LogP contribution in [0.4, 0.5) is 0 Å². The molecule has 0 saturated carbocycles. The van der Waals surface area contributed by atoms with Crippen LogP contribution < -0.4 is 0 Å². The van der Waals surface area contributed by atoms with Crippen LogP contribution in [0.5, 0.6) is 0 Å². The molecule has 0 heterocycles. The standard InChI is InChI=1S/C31H33N2Si/c34-22-21-31(32(23-27-13-5-1-6-14-27)24-28-15-7-2-8-16-28)33(25-29-17-9-3-10-18-29)26-30-19-11-4-12-20-30/h1-20,31H,21-26H2. The second-order valence-corrected chi connectivity index (χ2v) is 9.27. The lowest BCUT2D eigenvalue weighted by Gasteiger charge is -2.40. The molecule has 2 nitrogen and oxygen atoms in total. The molecule has 0 fully saturated rings. The van der Waals surface area contributed by atoms with Crippen LogP contribution in [-0.2, 0) is 26.2 Å². The monoisotopic (exact) mass is 461 g/mol. The van der Waals surface area contributed by atoms with Crippen molar-refractivity contribution in [3.63, 3.8) is 0 Å². The van der Waals surface area contributed by atoms with Crippen molar-refractivity contribution in [3.05, 3.63) is 144 Å². The van der Waals surface area contributed by atoms with Crippen molar-refractivity contribution in [1.29, 1.82) is 0 Å². The highest BCUT2D eigenvalue weighted by atomic mass is 28.1. The maximum Gasteiger partial charge on any atom is 0.0631 e. The Hall–Kier alpha value is -2.98. The number of hydrogen-bond donors (Lipinski definition) is 0. The Kier molecular flexibility index (Phi) is 9.27. The summed E-state index contributed by atoms with van der Waals surface area (Å²) in [5.41, 5.74) is 5.38. The second-order valence-electron chi connectivity index (χ2n) is 8.77. The smallest absolute Gasteiger partial charge is 0.0631 e. The van der Waals surface area contributed by atoms with Crippen molar-refractivity contribution in [2.24, 2.45) is 0 Å². The van der Waals surface area contributed by atoms with E-state index in [0.717, 1.165) is 38.6 Å². The molecule has 0 spiro atoms. The fourth-order valence-electron chi connectivity index (χ4n) is 4.53. The normalized spacial score (nSPS) is 11.4. The maximum absolute atomic E-state index is 3.83. The van der Waals surface area contributed by atoms with Gasteiger partial charge in [0.15, 0.2) is 0 Å². The van der Waals surface area contributed by atoms with Crippen LogP contribution in [-0.4, -0.2) is 26.2 Å². The minimum atomic E-state index is 0.276.